The number of rotatable bonds is 9. The van der Waals surface area contributed by atoms with Gasteiger partial charge in [0.15, 0.2) is 10.8 Å². The number of carbonyl (C=O) groups excluding carboxylic acids is 2. The van der Waals surface area contributed by atoms with Crippen LogP contribution in [-0.4, -0.2) is 99.2 Å². The number of oxime groups is 1. The summed E-state index contributed by atoms with van der Waals surface area (Å²) in [4.78, 5) is 67.1. The van der Waals surface area contributed by atoms with E-state index in [9.17, 15) is 24.3 Å². The molecule has 0 unspecified atom stereocenters. The van der Waals surface area contributed by atoms with E-state index in [-0.39, 0.29) is 39.5 Å². The zero-order chi connectivity index (χ0) is 27.8. The van der Waals surface area contributed by atoms with Gasteiger partial charge in [-0.05, 0) is 11.6 Å². The number of aromatic nitrogens is 5. The van der Waals surface area contributed by atoms with E-state index in [4.69, 9.17) is 15.7 Å². The highest BCUT2D eigenvalue weighted by Gasteiger charge is 2.54. The van der Waals surface area contributed by atoms with Gasteiger partial charge < -0.3 is 26.1 Å². The van der Waals surface area contributed by atoms with Gasteiger partial charge in [0.2, 0.25) is 0 Å². The van der Waals surface area contributed by atoms with Crippen LogP contribution in [0.2, 0.25) is 0 Å². The molecule has 1 saturated heterocycles. The van der Waals surface area contributed by atoms with Gasteiger partial charge in [-0.1, -0.05) is 5.16 Å². The van der Waals surface area contributed by atoms with Gasteiger partial charge in [-0.15, -0.1) is 40.0 Å². The van der Waals surface area contributed by atoms with Gasteiger partial charge in [0.05, 0.1) is 0 Å². The largest absolute Gasteiger partial charge is 0.477 e. The number of carboxylic acid groups (broad SMARTS) is 2. The van der Waals surface area contributed by atoms with E-state index < -0.39 is 41.0 Å². The quantitative estimate of drug-likeness (QED) is 0.0827. The number of carboxylic acids is 2. The first-order valence-corrected chi connectivity index (χ1v) is 13.7. The number of hydrogen-bond donors (Lipinski definition) is 4. The van der Waals surface area contributed by atoms with E-state index in [0.717, 1.165) is 16.2 Å². The average molecular weight is 592 g/mol. The van der Waals surface area contributed by atoms with Crippen LogP contribution < -0.4 is 11.1 Å². The van der Waals surface area contributed by atoms with Gasteiger partial charge in [-0.25, -0.2) is 19.6 Å². The molecule has 3 aromatic rings. The lowest BCUT2D eigenvalue weighted by molar-refractivity contribution is -0.150. The summed E-state index contributed by atoms with van der Waals surface area (Å²) >= 11 is 3.59. The van der Waals surface area contributed by atoms with Crippen molar-refractivity contribution in [2.45, 2.75) is 16.4 Å². The molecule has 3 aromatic heterocycles. The molecule has 2 atom stereocenters. The van der Waals surface area contributed by atoms with Crippen LogP contribution >= 0.6 is 34.9 Å². The zero-order valence-electron chi connectivity index (χ0n) is 19.7. The molecule has 16 nitrogen and oxygen atoms in total. The molecule has 19 heteroatoms. The number of fused-ring (bicyclic) bond motifs is 2. The van der Waals surface area contributed by atoms with Crippen LogP contribution in [0.1, 0.15) is 16.3 Å². The Morgan fingerprint density at radius 2 is 2.10 bits per heavy atom. The Kier molecular flexibility index (Phi) is 7.10. The molecule has 39 heavy (non-hydrogen) atoms. The normalized spacial score (nSPS) is 19.1. The fraction of sp³-hybridized carbons (Fsp3) is 0.250. The van der Waals surface area contributed by atoms with Crippen LogP contribution in [0.4, 0.5) is 5.13 Å². The van der Waals surface area contributed by atoms with Gasteiger partial charge in [0.1, 0.15) is 34.9 Å². The second-order valence-electron chi connectivity index (χ2n) is 7.84. The van der Waals surface area contributed by atoms with Gasteiger partial charge in [-0.3, -0.25) is 14.5 Å². The van der Waals surface area contributed by atoms with Crippen LogP contribution in [0.15, 0.2) is 39.1 Å². The van der Waals surface area contributed by atoms with E-state index in [1.807, 2.05) is 0 Å². The molecule has 0 aliphatic carbocycles. The van der Waals surface area contributed by atoms with Crippen LogP contribution in [0.3, 0.4) is 0 Å². The Bertz CT molecular complexity index is 1580. The number of amides is 2. The minimum atomic E-state index is -1.31. The Balaban J connectivity index is 1.33. The number of thiazole rings is 1. The topological polar surface area (TPSA) is 228 Å². The number of β-lactam (4-membered cyclic amide) rings is 1. The van der Waals surface area contributed by atoms with Gasteiger partial charge in [0, 0.05) is 23.1 Å². The lowest BCUT2D eigenvalue weighted by Gasteiger charge is -2.49. The molecule has 2 aliphatic rings. The maximum atomic E-state index is 13.0. The molecule has 2 aliphatic heterocycles. The highest BCUT2D eigenvalue weighted by atomic mass is 32.2. The Labute approximate surface area is 230 Å². The van der Waals surface area contributed by atoms with Gasteiger partial charge in [0.25, 0.3) is 23.4 Å². The Morgan fingerprint density at radius 1 is 1.31 bits per heavy atom. The highest BCUT2D eigenvalue weighted by molar-refractivity contribution is 8.01. The van der Waals surface area contributed by atoms with Gasteiger partial charge in [-0.2, -0.15) is 9.50 Å². The summed E-state index contributed by atoms with van der Waals surface area (Å²) < 4.78 is 1.25. The van der Waals surface area contributed by atoms with E-state index in [0.29, 0.717) is 10.6 Å². The summed E-state index contributed by atoms with van der Waals surface area (Å²) in [6.07, 6.45) is 1.43. The number of carbonyl (C=O) groups is 4. The number of nitrogens with one attached hydrogen (secondary N) is 1. The molecular weight excluding hydrogens is 574 g/mol. The lowest BCUT2D eigenvalue weighted by atomic mass is 10.0. The molecule has 5 rings (SSSR count). The monoisotopic (exact) mass is 591 g/mol. The molecule has 0 saturated carbocycles. The van der Waals surface area contributed by atoms with E-state index >= 15 is 0 Å². The minimum absolute atomic E-state index is 0.0798. The molecule has 0 radical (unpaired) electrons. The summed E-state index contributed by atoms with van der Waals surface area (Å²) in [5.74, 6) is -3.83. The first-order valence-electron chi connectivity index (χ1n) is 10.8. The molecule has 1 fully saturated rings. The maximum absolute atomic E-state index is 13.0. The zero-order valence-corrected chi connectivity index (χ0v) is 22.1. The number of aromatic carboxylic acids is 1. The van der Waals surface area contributed by atoms with Crippen molar-refractivity contribution in [2.75, 3.05) is 24.3 Å². The molecule has 2 amide bonds. The van der Waals surface area contributed by atoms with E-state index in [1.54, 1.807) is 6.07 Å². The van der Waals surface area contributed by atoms with Crippen molar-refractivity contribution >= 4 is 75.2 Å². The van der Waals surface area contributed by atoms with Crippen LogP contribution in [0.25, 0.3) is 5.78 Å². The predicted octanol–water partition coefficient (Wildman–Crippen LogP) is -0.257. The number of nitrogens with two attached hydrogens (primary N) is 1. The van der Waals surface area contributed by atoms with Gasteiger partial charge >= 0.3 is 11.9 Å². The van der Waals surface area contributed by atoms with E-state index in [1.165, 1.54) is 46.7 Å². The third-order valence-corrected chi connectivity index (χ3v) is 8.60. The third-order valence-electron chi connectivity index (χ3n) is 5.49. The molecule has 0 aromatic carbocycles. The van der Waals surface area contributed by atoms with Crippen LogP contribution in [0.5, 0.6) is 0 Å². The van der Waals surface area contributed by atoms with Crippen molar-refractivity contribution in [2.24, 2.45) is 5.16 Å². The van der Waals surface area contributed by atoms with E-state index in [2.05, 4.69) is 30.5 Å². The minimum Gasteiger partial charge on any atom is -0.477 e. The van der Waals surface area contributed by atoms with Crippen molar-refractivity contribution in [1.82, 2.24) is 34.8 Å². The third kappa shape index (κ3) is 4.86. The van der Waals surface area contributed by atoms with Crippen molar-refractivity contribution in [3.63, 3.8) is 0 Å². The number of nitrogen functional groups attached to an aromatic ring is 1. The van der Waals surface area contributed by atoms with Crippen LogP contribution in [0, 0.1) is 0 Å². The molecule has 5 heterocycles. The fourth-order valence-electron chi connectivity index (χ4n) is 3.83. The first kappa shape index (κ1) is 26.4. The summed E-state index contributed by atoms with van der Waals surface area (Å²) in [5.41, 5.74) is 5.94. The second kappa shape index (κ2) is 10.5. The number of nitrogens with zero attached hydrogens (tertiary/aromatic N) is 7. The highest BCUT2D eigenvalue weighted by Crippen LogP contribution is 2.41. The number of thioether (sulfide) groups is 2. The van der Waals surface area contributed by atoms with Crippen molar-refractivity contribution < 1.29 is 34.2 Å². The smallest absolute Gasteiger partial charge is 0.375 e. The summed E-state index contributed by atoms with van der Waals surface area (Å²) in [5, 5.41) is 30.9. The van der Waals surface area contributed by atoms with Crippen molar-refractivity contribution in [3.8, 4) is 0 Å². The second-order valence-corrected chi connectivity index (χ2v) is 10.8. The lowest BCUT2D eigenvalue weighted by Crippen LogP contribution is -2.71. The predicted molar refractivity (Wildman–Crippen MR) is 138 cm³/mol. The summed E-state index contributed by atoms with van der Waals surface area (Å²) in [6.45, 7) is 0. The van der Waals surface area contributed by atoms with Crippen molar-refractivity contribution in [1.29, 1.82) is 0 Å². The summed E-state index contributed by atoms with van der Waals surface area (Å²) in [6, 6.07) is 0.598. The molecule has 202 valence electrons. The SMILES string of the molecule is CO/N=C(\C(=O)N[C@@H]1C(=O)N2C(C(=O)O)=C(CSc3ccnc4nc(C(=O)O)nn34)CS[C@H]12)c1csc(N)n1. The Morgan fingerprint density at radius 3 is 2.77 bits per heavy atom. The van der Waals surface area contributed by atoms with Crippen LogP contribution in [-0.2, 0) is 19.2 Å². The maximum Gasteiger partial charge on any atom is 0.375 e. The average Bonchev–Trinajstić information content (AvgIpc) is 3.55. The molecule has 0 bridgehead atoms. The number of aliphatic carboxylic acids is 1. The number of hydrogen-bond acceptors (Lipinski definition) is 14. The summed E-state index contributed by atoms with van der Waals surface area (Å²) in [7, 11) is 1.25. The molecule has 5 N–H and O–H groups in total. The standard InChI is InChI=1S/C20H17N9O7S3/c1-36-27-10(8-6-39-19(21)23-8)14(30)24-11-15(31)28-12(17(32)33)7(5-38-16(11)28)4-37-9-2-3-22-20-25-13(18(34)35)26-29(9)20/h2-3,6,11,16H,4-5H2,1H3,(H2,21,23)(H,24,30)(H,32,33)(H,34,35)/b27-10-/t11-,16-/m1/s1. The first-order chi connectivity index (χ1) is 18.7. The number of anilines is 1. The molecule has 0 spiro atoms. The Hall–Kier alpha value is -4.23. The fourth-order valence-corrected chi connectivity index (χ4v) is 6.82. The molecular formula is C20H17N9O7S3. The van der Waals surface area contributed by atoms with Crippen molar-refractivity contribution in [3.05, 3.63) is 40.4 Å².